The van der Waals surface area contributed by atoms with Crippen LogP contribution < -0.4 is 16.0 Å². The summed E-state index contributed by atoms with van der Waals surface area (Å²) < 4.78 is 0. The van der Waals surface area contributed by atoms with Gasteiger partial charge in [0.2, 0.25) is 11.8 Å². The van der Waals surface area contributed by atoms with Gasteiger partial charge in [-0.15, -0.1) is 0 Å². The second kappa shape index (κ2) is 7.15. The van der Waals surface area contributed by atoms with Crippen molar-refractivity contribution < 1.29 is 14.4 Å². The van der Waals surface area contributed by atoms with E-state index < -0.39 is 23.8 Å². The molecule has 1 heterocycles. The maximum absolute atomic E-state index is 12.9. The first-order valence-electron chi connectivity index (χ1n) is 9.00. The summed E-state index contributed by atoms with van der Waals surface area (Å²) in [6, 6.07) is 21.0. The maximum Gasteiger partial charge on any atom is 0.251 e. The second-order valence-electron chi connectivity index (χ2n) is 6.81. The lowest BCUT2D eigenvalue weighted by atomic mass is 10.0. The molecule has 28 heavy (non-hydrogen) atoms. The van der Waals surface area contributed by atoms with Crippen molar-refractivity contribution in [3.8, 4) is 0 Å². The average Bonchev–Trinajstić information content (AvgIpc) is 3.05. The monoisotopic (exact) mass is 373 g/mol. The lowest BCUT2D eigenvalue weighted by Crippen LogP contribution is -2.47. The molecular formula is C22H19N3O3. The molecule has 6 heteroatoms. The highest BCUT2D eigenvalue weighted by Gasteiger charge is 2.44. The number of nitrogens with one attached hydrogen (secondary N) is 1. The number of carbonyl (C=O) groups excluding carboxylic acids is 3. The molecular weight excluding hydrogens is 354 g/mol. The first kappa shape index (κ1) is 17.7. The fraction of sp³-hybridized carbons (Fsp3) is 0.136. The van der Waals surface area contributed by atoms with E-state index in [4.69, 9.17) is 5.73 Å². The molecule has 3 aromatic carbocycles. The van der Waals surface area contributed by atoms with Crippen molar-refractivity contribution >= 4 is 34.2 Å². The highest BCUT2D eigenvalue weighted by molar-refractivity contribution is 6.08. The molecule has 1 saturated heterocycles. The van der Waals surface area contributed by atoms with E-state index in [1.165, 1.54) is 4.90 Å². The zero-order valence-electron chi connectivity index (χ0n) is 15.0. The largest absolute Gasteiger partial charge is 0.369 e. The van der Waals surface area contributed by atoms with Crippen LogP contribution in [-0.2, 0) is 9.59 Å². The number of primary amides is 1. The molecule has 3 aromatic rings. The summed E-state index contributed by atoms with van der Waals surface area (Å²) in [5.41, 5.74) is 6.60. The van der Waals surface area contributed by atoms with Crippen LogP contribution in [0.5, 0.6) is 0 Å². The van der Waals surface area contributed by atoms with Crippen LogP contribution >= 0.6 is 0 Å². The van der Waals surface area contributed by atoms with Crippen LogP contribution in [0.4, 0.5) is 5.69 Å². The Balaban J connectivity index is 1.59. The van der Waals surface area contributed by atoms with Gasteiger partial charge in [0.25, 0.3) is 5.91 Å². The minimum Gasteiger partial charge on any atom is -0.369 e. The number of amides is 3. The third-order valence-electron chi connectivity index (χ3n) is 5.05. The summed E-state index contributed by atoms with van der Waals surface area (Å²) in [5.74, 6) is -2.16. The van der Waals surface area contributed by atoms with Crippen molar-refractivity contribution in [1.29, 1.82) is 0 Å². The van der Waals surface area contributed by atoms with E-state index in [2.05, 4.69) is 5.32 Å². The van der Waals surface area contributed by atoms with Crippen molar-refractivity contribution in [1.82, 2.24) is 5.32 Å². The van der Waals surface area contributed by atoms with E-state index in [-0.39, 0.29) is 12.5 Å². The number of para-hydroxylation sites is 1. The highest BCUT2D eigenvalue weighted by atomic mass is 16.2. The van der Waals surface area contributed by atoms with E-state index in [0.29, 0.717) is 11.3 Å². The topological polar surface area (TPSA) is 92.5 Å². The Bertz CT molecular complexity index is 1060. The number of nitrogens with two attached hydrogens (primary N) is 1. The van der Waals surface area contributed by atoms with Crippen LogP contribution in [0.15, 0.2) is 72.8 Å². The number of rotatable bonds is 4. The van der Waals surface area contributed by atoms with Gasteiger partial charge in [0.1, 0.15) is 6.04 Å². The highest BCUT2D eigenvalue weighted by Crippen LogP contribution is 2.26. The summed E-state index contributed by atoms with van der Waals surface area (Å²) in [7, 11) is 0. The van der Waals surface area contributed by atoms with Crippen molar-refractivity contribution in [2.75, 3.05) is 11.4 Å². The van der Waals surface area contributed by atoms with E-state index in [1.54, 1.807) is 24.3 Å². The van der Waals surface area contributed by atoms with Crippen LogP contribution in [0.1, 0.15) is 10.4 Å². The second-order valence-corrected chi connectivity index (χ2v) is 6.81. The minimum absolute atomic E-state index is 0.140. The SMILES string of the molecule is NC(=O)[C@@H]1CN(c2ccccc2)C(=O)[C@H]1NC(=O)c1ccc2ccccc2c1. The van der Waals surface area contributed by atoms with Crippen LogP contribution in [-0.4, -0.2) is 30.3 Å². The molecule has 3 N–H and O–H groups in total. The number of carbonyl (C=O) groups is 3. The van der Waals surface area contributed by atoms with Gasteiger partial charge >= 0.3 is 0 Å². The molecule has 1 fully saturated rings. The lowest BCUT2D eigenvalue weighted by Gasteiger charge is -2.17. The van der Waals surface area contributed by atoms with Gasteiger partial charge in [0.05, 0.1) is 5.92 Å². The fourth-order valence-corrected chi connectivity index (χ4v) is 3.54. The van der Waals surface area contributed by atoms with Crippen molar-refractivity contribution in [3.63, 3.8) is 0 Å². The van der Waals surface area contributed by atoms with Crippen molar-refractivity contribution in [2.24, 2.45) is 11.7 Å². The molecule has 2 atom stereocenters. The molecule has 1 aliphatic heterocycles. The number of hydrogen-bond donors (Lipinski definition) is 2. The molecule has 0 aromatic heterocycles. The first-order chi connectivity index (χ1) is 13.5. The van der Waals surface area contributed by atoms with Crippen LogP contribution in [0, 0.1) is 5.92 Å². The molecule has 0 radical (unpaired) electrons. The number of anilines is 1. The molecule has 6 nitrogen and oxygen atoms in total. The Morgan fingerprint density at radius 2 is 1.61 bits per heavy atom. The maximum atomic E-state index is 12.9. The molecule has 140 valence electrons. The molecule has 0 bridgehead atoms. The Kier molecular flexibility index (Phi) is 4.53. The number of nitrogens with zero attached hydrogens (tertiary/aromatic N) is 1. The van der Waals surface area contributed by atoms with E-state index in [9.17, 15) is 14.4 Å². The summed E-state index contributed by atoms with van der Waals surface area (Å²) in [6.07, 6.45) is 0. The number of hydrogen-bond acceptors (Lipinski definition) is 3. The molecule has 0 spiro atoms. The van der Waals surface area contributed by atoms with Crippen LogP contribution in [0.25, 0.3) is 10.8 Å². The van der Waals surface area contributed by atoms with Crippen LogP contribution in [0.3, 0.4) is 0 Å². The molecule has 0 unspecified atom stereocenters. The Morgan fingerprint density at radius 1 is 0.929 bits per heavy atom. The van der Waals surface area contributed by atoms with Crippen molar-refractivity contribution in [2.45, 2.75) is 6.04 Å². The van der Waals surface area contributed by atoms with E-state index in [0.717, 1.165) is 10.8 Å². The summed E-state index contributed by atoms with van der Waals surface area (Å²) in [5, 5.41) is 4.65. The van der Waals surface area contributed by atoms with Crippen molar-refractivity contribution in [3.05, 3.63) is 78.4 Å². The first-order valence-corrected chi connectivity index (χ1v) is 9.00. The number of fused-ring (bicyclic) bond motifs is 1. The standard InChI is InChI=1S/C22H19N3O3/c23-20(26)18-13-25(17-8-2-1-3-9-17)22(28)19(18)24-21(27)16-11-10-14-6-4-5-7-15(14)12-16/h1-12,18-19H,13H2,(H2,23,26)(H,24,27)/t18-,19+/m1/s1. The van der Waals surface area contributed by atoms with E-state index >= 15 is 0 Å². The zero-order valence-corrected chi connectivity index (χ0v) is 15.0. The van der Waals surface area contributed by atoms with Gasteiger partial charge in [-0.05, 0) is 35.0 Å². The molecule has 3 amide bonds. The summed E-state index contributed by atoms with van der Waals surface area (Å²) in [6.45, 7) is 0.140. The Labute approximate surface area is 161 Å². The predicted octanol–water partition coefficient (Wildman–Crippen LogP) is 2.09. The third-order valence-corrected chi connectivity index (χ3v) is 5.05. The minimum atomic E-state index is -0.989. The quantitative estimate of drug-likeness (QED) is 0.733. The predicted molar refractivity (Wildman–Crippen MR) is 107 cm³/mol. The summed E-state index contributed by atoms with van der Waals surface area (Å²) in [4.78, 5) is 39.1. The normalized spacial score (nSPS) is 19.0. The summed E-state index contributed by atoms with van der Waals surface area (Å²) >= 11 is 0. The van der Waals surface area contributed by atoms with Gasteiger partial charge in [-0.2, -0.15) is 0 Å². The molecule has 0 saturated carbocycles. The molecule has 1 aliphatic rings. The van der Waals surface area contributed by atoms with Gasteiger partial charge in [-0.1, -0.05) is 48.5 Å². The van der Waals surface area contributed by atoms with E-state index in [1.807, 2.05) is 48.5 Å². The number of benzene rings is 3. The Hall–Kier alpha value is -3.67. The van der Waals surface area contributed by atoms with Gasteiger partial charge in [-0.3, -0.25) is 14.4 Å². The zero-order chi connectivity index (χ0) is 19.7. The van der Waals surface area contributed by atoms with Gasteiger partial charge in [0.15, 0.2) is 0 Å². The van der Waals surface area contributed by atoms with Crippen LogP contribution in [0.2, 0.25) is 0 Å². The average molecular weight is 373 g/mol. The molecule has 0 aliphatic carbocycles. The van der Waals surface area contributed by atoms with Gasteiger partial charge in [0, 0.05) is 17.8 Å². The Morgan fingerprint density at radius 3 is 2.32 bits per heavy atom. The fourth-order valence-electron chi connectivity index (χ4n) is 3.54. The van der Waals surface area contributed by atoms with Gasteiger partial charge < -0.3 is 16.0 Å². The van der Waals surface area contributed by atoms with Gasteiger partial charge in [-0.25, -0.2) is 0 Å². The third kappa shape index (κ3) is 3.20. The molecule has 4 rings (SSSR count). The smallest absolute Gasteiger partial charge is 0.251 e. The lowest BCUT2D eigenvalue weighted by molar-refractivity contribution is -0.125.